The smallest absolute Gasteiger partial charge is 0.185 e. The number of rotatable bonds is 6. The van der Waals surface area contributed by atoms with Crippen LogP contribution in [0, 0.1) is 11.3 Å². The van der Waals surface area contributed by atoms with Gasteiger partial charge in [0.05, 0.1) is 28.9 Å². The van der Waals surface area contributed by atoms with Gasteiger partial charge in [-0.1, -0.05) is 11.6 Å². The summed E-state index contributed by atoms with van der Waals surface area (Å²) >= 11 is 7.82. The molecule has 21 heavy (non-hydrogen) atoms. The van der Waals surface area contributed by atoms with Crippen molar-refractivity contribution >= 4 is 33.8 Å². The number of nitriles is 1. The SMILES string of the molecule is CCN(CC)c1ncc(CNc2ccc(C#N)cc2Cl)s1. The molecule has 0 aliphatic rings. The molecule has 2 aromatic rings. The zero-order chi connectivity index (χ0) is 15.2. The first-order valence-corrected chi connectivity index (χ1v) is 8.00. The summed E-state index contributed by atoms with van der Waals surface area (Å²) in [5.74, 6) is 0. The van der Waals surface area contributed by atoms with Crippen LogP contribution in [0.4, 0.5) is 10.8 Å². The van der Waals surface area contributed by atoms with E-state index >= 15 is 0 Å². The van der Waals surface area contributed by atoms with Gasteiger partial charge in [0.1, 0.15) is 0 Å². The average molecular weight is 321 g/mol. The summed E-state index contributed by atoms with van der Waals surface area (Å²) in [5, 5.41) is 13.7. The minimum absolute atomic E-state index is 0.558. The minimum Gasteiger partial charge on any atom is -0.379 e. The van der Waals surface area contributed by atoms with Gasteiger partial charge in [0.25, 0.3) is 0 Å². The van der Waals surface area contributed by atoms with E-state index in [-0.39, 0.29) is 0 Å². The Morgan fingerprint density at radius 3 is 2.76 bits per heavy atom. The Kier molecular flexibility index (Phi) is 5.43. The molecule has 0 saturated carbocycles. The second kappa shape index (κ2) is 7.30. The maximum atomic E-state index is 8.82. The van der Waals surface area contributed by atoms with Gasteiger partial charge >= 0.3 is 0 Å². The van der Waals surface area contributed by atoms with Crippen LogP contribution in [-0.2, 0) is 6.54 Å². The second-order valence-electron chi connectivity index (χ2n) is 4.44. The summed E-state index contributed by atoms with van der Waals surface area (Å²) in [5.41, 5.74) is 1.39. The number of nitrogens with zero attached hydrogens (tertiary/aromatic N) is 3. The highest BCUT2D eigenvalue weighted by atomic mass is 35.5. The molecule has 0 unspecified atom stereocenters. The van der Waals surface area contributed by atoms with Gasteiger partial charge in [-0.15, -0.1) is 11.3 Å². The van der Waals surface area contributed by atoms with E-state index in [4.69, 9.17) is 16.9 Å². The number of halogens is 1. The highest BCUT2D eigenvalue weighted by Crippen LogP contribution is 2.26. The van der Waals surface area contributed by atoms with Crippen LogP contribution in [0.25, 0.3) is 0 Å². The summed E-state index contributed by atoms with van der Waals surface area (Å²) < 4.78 is 0. The van der Waals surface area contributed by atoms with Crippen LogP contribution in [0.3, 0.4) is 0 Å². The molecule has 1 heterocycles. The molecule has 0 aliphatic carbocycles. The first kappa shape index (κ1) is 15.6. The molecule has 0 saturated heterocycles. The van der Waals surface area contributed by atoms with E-state index in [0.717, 1.165) is 28.8 Å². The molecular formula is C15H17ClN4S. The maximum Gasteiger partial charge on any atom is 0.185 e. The van der Waals surface area contributed by atoms with Crippen molar-refractivity contribution in [3.63, 3.8) is 0 Å². The van der Waals surface area contributed by atoms with Crippen molar-refractivity contribution in [1.82, 2.24) is 4.98 Å². The van der Waals surface area contributed by atoms with Gasteiger partial charge in [-0.3, -0.25) is 0 Å². The molecular weight excluding hydrogens is 304 g/mol. The number of hydrogen-bond acceptors (Lipinski definition) is 5. The molecule has 0 aliphatic heterocycles. The Morgan fingerprint density at radius 2 is 2.14 bits per heavy atom. The lowest BCUT2D eigenvalue weighted by molar-refractivity contribution is 0.860. The molecule has 0 fully saturated rings. The van der Waals surface area contributed by atoms with Crippen molar-refractivity contribution < 1.29 is 0 Å². The summed E-state index contributed by atoms with van der Waals surface area (Å²) in [7, 11) is 0. The quantitative estimate of drug-likeness (QED) is 0.869. The third kappa shape index (κ3) is 3.87. The van der Waals surface area contributed by atoms with E-state index in [1.165, 1.54) is 0 Å². The molecule has 6 heteroatoms. The van der Waals surface area contributed by atoms with Gasteiger partial charge in [-0.2, -0.15) is 5.26 Å². The molecule has 0 atom stereocenters. The second-order valence-corrected chi connectivity index (χ2v) is 5.94. The van der Waals surface area contributed by atoms with Crippen LogP contribution in [0.1, 0.15) is 24.3 Å². The molecule has 0 radical (unpaired) electrons. The van der Waals surface area contributed by atoms with Crippen LogP contribution in [0.2, 0.25) is 5.02 Å². The van der Waals surface area contributed by atoms with Gasteiger partial charge in [0.2, 0.25) is 0 Å². The predicted octanol–water partition coefficient (Wildman–Crippen LogP) is 4.13. The van der Waals surface area contributed by atoms with Crippen LogP contribution >= 0.6 is 22.9 Å². The molecule has 4 nitrogen and oxygen atoms in total. The predicted molar refractivity (Wildman–Crippen MR) is 89.2 cm³/mol. The van der Waals surface area contributed by atoms with E-state index in [1.54, 1.807) is 23.5 Å². The van der Waals surface area contributed by atoms with Crippen molar-refractivity contribution in [2.75, 3.05) is 23.3 Å². The number of nitrogens with one attached hydrogen (secondary N) is 1. The van der Waals surface area contributed by atoms with Crippen LogP contribution in [0.15, 0.2) is 24.4 Å². The zero-order valence-corrected chi connectivity index (χ0v) is 13.6. The number of hydrogen-bond donors (Lipinski definition) is 1. The van der Waals surface area contributed by atoms with E-state index in [2.05, 4.69) is 35.1 Å². The van der Waals surface area contributed by atoms with Gasteiger partial charge in [0.15, 0.2) is 5.13 Å². The molecule has 0 amide bonds. The lowest BCUT2D eigenvalue weighted by Gasteiger charge is -2.16. The standard InChI is InChI=1S/C15H17ClN4S/c1-3-20(4-2)15-19-10-12(21-15)9-18-14-6-5-11(8-17)7-13(14)16/h5-7,10,18H,3-4,9H2,1-2H3. The third-order valence-electron chi connectivity index (χ3n) is 3.13. The lowest BCUT2D eigenvalue weighted by atomic mass is 10.2. The van der Waals surface area contributed by atoms with Gasteiger partial charge in [-0.05, 0) is 32.0 Å². The van der Waals surface area contributed by atoms with E-state index in [1.807, 2.05) is 12.3 Å². The fourth-order valence-corrected chi connectivity index (χ4v) is 3.15. The maximum absolute atomic E-state index is 8.82. The van der Waals surface area contributed by atoms with E-state index < -0.39 is 0 Å². The Morgan fingerprint density at radius 1 is 1.38 bits per heavy atom. The molecule has 0 spiro atoms. The normalized spacial score (nSPS) is 10.2. The first-order valence-electron chi connectivity index (χ1n) is 6.81. The van der Waals surface area contributed by atoms with Crippen molar-refractivity contribution in [3.8, 4) is 6.07 Å². The molecule has 0 bridgehead atoms. The van der Waals surface area contributed by atoms with Crippen molar-refractivity contribution in [1.29, 1.82) is 5.26 Å². The number of thiazole rings is 1. The highest BCUT2D eigenvalue weighted by Gasteiger charge is 2.08. The van der Waals surface area contributed by atoms with Crippen LogP contribution in [-0.4, -0.2) is 18.1 Å². The number of aromatic nitrogens is 1. The molecule has 2 rings (SSSR count). The number of benzene rings is 1. The monoisotopic (exact) mass is 320 g/mol. The third-order valence-corrected chi connectivity index (χ3v) is 4.50. The van der Waals surface area contributed by atoms with Crippen LogP contribution < -0.4 is 10.2 Å². The fraction of sp³-hybridized carbons (Fsp3) is 0.333. The van der Waals surface area contributed by atoms with E-state index in [0.29, 0.717) is 17.1 Å². The minimum atomic E-state index is 0.558. The molecule has 110 valence electrons. The van der Waals surface area contributed by atoms with Gasteiger partial charge < -0.3 is 10.2 Å². The van der Waals surface area contributed by atoms with Crippen molar-refractivity contribution in [2.45, 2.75) is 20.4 Å². The van der Waals surface area contributed by atoms with Gasteiger partial charge in [0, 0.05) is 24.2 Å². The highest BCUT2D eigenvalue weighted by molar-refractivity contribution is 7.15. The largest absolute Gasteiger partial charge is 0.379 e. The van der Waals surface area contributed by atoms with Crippen molar-refractivity contribution in [2.24, 2.45) is 0 Å². The van der Waals surface area contributed by atoms with Crippen molar-refractivity contribution in [3.05, 3.63) is 39.9 Å². The summed E-state index contributed by atoms with van der Waals surface area (Å²) in [6, 6.07) is 7.32. The summed E-state index contributed by atoms with van der Waals surface area (Å²) in [4.78, 5) is 7.82. The average Bonchev–Trinajstić information content (AvgIpc) is 2.96. The molecule has 1 aromatic heterocycles. The fourth-order valence-electron chi connectivity index (χ4n) is 1.93. The van der Waals surface area contributed by atoms with Gasteiger partial charge in [-0.25, -0.2) is 4.98 Å². The Bertz CT molecular complexity index is 643. The van der Waals surface area contributed by atoms with Crippen LogP contribution in [0.5, 0.6) is 0 Å². The molecule has 1 aromatic carbocycles. The Balaban J connectivity index is 2.02. The number of anilines is 2. The Labute approximate surface area is 134 Å². The summed E-state index contributed by atoms with van der Waals surface area (Å²) in [6.45, 7) is 6.83. The Hall–Kier alpha value is -1.77. The van der Waals surface area contributed by atoms with E-state index in [9.17, 15) is 0 Å². The summed E-state index contributed by atoms with van der Waals surface area (Å²) in [6.07, 6.45) is 1.89. The lowest BCUT2D eigenvalue weighted by Crippen LogP contribution is -2.21. The topological polar surface area (TPSA) is 52.0 Å². The zero-order valence-electron chi connectivity index (χ0n) is 12.1. The molecule has 1 N–H and O–H groups in total. The first-order chi connectivity index (χ1) is 10.2.